The number of thiazole rings is 1. The average molecular weight is 971 g/mol. The Kier molecular flexibility index (Phi) is 24.9. The maximum Gasteiger partial charge on any atom is 0.314 e. The Hall–Kier alpha value is -6.20. The predicted octanol–water partition coefficient (Wildman–Crippen LogP) is 10.0. The molecule has 0 spiro atoms. The number of aromatic nitrogens is 1. The Morgan fingerprint density at radius 1 is 0.623 bits per heavy atom. The van der Waals surface area contributed by atoms with Crippen molar-refractivity contribution in [2.45, 2.75) is 71.1 Å². The molecular formula is C53H66N2O13S. The van der Waals surface area contributed by atoms with Crippen LogP contribution in [0.5, 0.6) is 28.7 Å². The predicted molar refractivity (Wildman–Crippen MR) is 265 cm³/mol. The highest BCUT2D eigenvalue weighted by Crippen LogP contribution is 2.41. The first-order valence-electron chi connectivity index (χ1n) is 23.1. The number of methoxy groups -OCH3 is 4. The van der Waals surface area contributed by atoms with Crippen LogP contribution in [0.15, 0.2) is 84.9 Å². The highest BCUT2D eigenvalue weighted by Gasteiger charge is 2.29. The van der Waals surface area contributed by atoms with Gasteiger partial charge in [-0.25, -0.2) is 4.98 Å². The summed E-state index contributed by atoms with van der Waals surface area (Å²) in [4.78, 5) is 61.4. The van der Waals surface area contributed by atoms with Gasteiger partial charge in [-0.3, -0.25) is 14.4 Å². The number of hydrogen-bond donors (Lipinski definition) is 1. The molecule has 1 heterocycles. The van der Waals surface area contributed by atoms with E-state index in [1.54, 1.807) is 64.8 Å². The van der Waals surface area contributed by atoms with Crippen molar-refractivity contribution in [2.75, 3.05) is 60.8 Å². The molecule has 2 N–H and O–H groups in total. The van der Waals surface area contributed by atoms with Gasteiger partial charge in [0.05, 0.1) is 33.2 Å². The normalized spacial score (nSPS) is 17.2. The van der Waals surface area contributed by atoms with E-state index in [2.05, 4.69) is 0 Å². The molecule has 15 nitrogen and oxygen atoms in total. The molecule has 0 bridgehead atoms. The van der Waals surface area contributed by atoms with Crippen LogP contribution < -0.4 is 29.4 Å². The summed E-state index contributed by atoms with van der Waals surface area (Å²) in [6.07, 6.45) is 10.5. The lowest BCUT2D eigenvalue weighted by molar-refractivity contribution is -0.141. The number of unbranched alkanes of at least 4 members (excludes halogenated alkanes) is 1. The number of nitrogen functional groups attached to an aromatic ring is 1. The molecule has 372 valence electrons. The Balaban J connectivity index is 0.000000222. The Labute approximate surface area is 408 Å². The molecule has 2 aliphatic carbocycles. The van der Waals surface area contributed by atoms with Gasteiger partial charge < -0.3 is 53.2 Å². The Bertz CT molecular complexity index is 2260. The van der Waals surface area contributed by atoms with Gasteiger partial charge in [0.15, 0.2) is 5.75 Å². The van der Waals surface area contributed by atoms with Gasteiger partial charge in [-0.1, -0.05) is 0 Å². The summed E-state index contributed by atoms with van der Waals surface area (Å²) in [5, 5.41) is 0.799. The van der Waals surface area contributed by atoms with E-state index in [0.29, 0.717) is 66.5 Å². The number of nitrogens with two attached hydrogens (primary N) is 1. The molecule has 1 aromatic heterocycles. The van der Waals surface area contributed by atoms with Gasteiger partial charge >= 0.3 is 11.9 Å². The van der Waals surface area contributed by atoms with Crippen LogP contribution in [0.25, 0.3) is 20.8 Å². The molecule has 5 aromatic rings. The van der Waals surface area contributed by atoms with E-state index in [-0.39, 0.29) is 35.6 Å². The van der Waals surface area contributed by atoms with Crippen LogP contribution in [0.3, 0.4) is 0 Å². The number of ether oxygens (including phenoxy) is 8. The van der Waals surface area contributed by atoms with Gasteiger partial charge in [0.1, 0.15) is 63.9 Å². The number of benzene rings is 4. The molecule has 2 aliphatic rings. The standard InChI is InChI=1S/C22H22N2O4S.C15H16O4.C8H18O3.C8H10O2/c1-27-18-11-10-17(28-22(26)15-4-2-13(12-25)3-5-15)19-20(18)29-21(24-19)14-6-8-16(23)9-7-14;16-9-11-1-5-13(6-2-11)15(18)19-14-7-3-12(10-17)4-8-14;1-3-10-8-11-7-5-4-6-9-2;1-9-7-3-5-8(10-2)6-4-7/h6-13,15H,2-5,23H2,1H3;3-4,7-11,13H,1-2,5-6H2;3-8H2,1-2H3;3-6H,1-2H3. The molecular weight excluding hydrogens is 905 g/mol. The first-order valence-corrected chi connectivity index (χ1v) is 24.0. The number of fused-ring (bicyclic) bond motifs is 1. The lowest BCUT2D eigenvalue weighted by Gasteiger charge is -2.23. The summed E-state index contributed by atoms with van der Waals surface area (Å²) in [5.74, 6) is 2.61. The minimum absolute atomic E-state index is 0.0627. The number of aldehydes is 3. The van der Waals surface area contributed by atoms with Crippen LogP contribution in [-0.4, -0.2) is 90.8 Å². The quantitative estimate of drug-likeness (QED) is 0.0205. The zero-order chi connectivity index (χ0) is 49.8. The van der Waals surface area contributed by atoms with Gasteiger partial charge in [-0.05, 0) is 156 Å². The highest BCUT2D eigenvalue weighted by molar-refractivity contribution is 7.22. The number of hydrogen-bond acceptors (Lipinski definition) is 16. The van der Waals surface area contributed by atoms with Crippen LogP contribution in [-0.2, 0) is 33.4 Å². The van der Waals surface area contributed by atoms with E-state index < -0.39 is 0 Å². The second-order valence-electron chi connectivity index (χ2n) is 16.2. The molecule has 2 saturated carbocycles. The lowest BCUT2D eigenvalue weighted by atomic mass is 9.83. The van der Waals surface area contributed by atoms with Crippen LogP contribution in [0.2, 0.25) is 0 Å². The SMILES string of the molecule is CCOCOCCCCOC.COc1ccc(OC(=O)C2CCC(C=O)CC2)c2nc(-c3ccc(N)cc3)sc12.COc1ccc(OC)cc1.O=Cc1ccc(OC(=O)C2CCC(C=O)CC2)cc1. The largest absolute Gasteiger partial charge is 0.497 e. The lowest BCUT2D eigenvalue weighted by Crippen LogP contribution is -2.26. The van der Waals surface area contributed by atoms with Crippen molar-refractivity contribution in [3.63, 3.8) is 0 Å². The summed E-state index contributed by atoms with van der Waals surface area (Å²) in [5.41, 5.74) is 8.56. The minimum Gasteiger partial charge on any atom is -0.497 e. The third-order valence-electron chi connectivity index (χ3n) is 11.4. The number of carbonyl (C=O) groups excluding carboxylic acids is 5. The molecule has 0 atom stereocenters. The van der Waals surface area contributed by atoms with Gasteiger partial charge in [0.2, 0.25) is 0 Å². The zero-order valence-electron chi connectivity index (χ0n) is 40.3. The highest BCUT2D eigenvalue weighted by atomic mass is 32.1. The van der Waals surface area contributed by atoms with Crippen LogP contribution >= 0.6 is 11.3 Å². The first-order chi connectivity index (χ1) is 33.6. The molecule has 0 radical (unpaired) electrons. The maximum atomic E-state index is 12.7. The molecule has 4 aromatic carbocycles. The molecule has 0 unspecified atom stereocenters. The third-order valence-corrected chi connectivity index (χ3v) is 12.6. The average Bonchev–Trinajstić information content (AvgIpc) is 3.86. The molecule has 69 heavy (non-hydrogen) atoms. The van der Waals surface area contributed by atoms with Crippen molar-refractivity contribution in [2.24, 2.45) is 23.7 Å². The van der Waals surface area contributed by atoms with Gasteiger partial charge in [-0.2, -0.15) is 0 Å². The fraction of sp³-hybridized carbons (Fsp3) is 0.434. The van der Waals surface area contributed by atoms with Crippen molar-refractivity contribution >= 4 is 58.0 Å². The maximum absolute atomic E-state index is 12.7. The molecule has 0 aliphatic heterocycles. The molecule has 0 saturated heterocycles. The van der Waals surface area contributed by atoms with E-state index in [4.69, 9.17) is 48.6 Å². The molecule has 0 amide bonds. The van der Waals surface area contributed by atoms with E-state index >= 15 is 0 Å². The zero-order valence-corrected chi connectivity index (χ0v) is 41.1. The number of carbonyl (C=O) groups is 5. The molecule has 7 rings (SSSR count). The smallest absolute Gasteiger partial charge is 0.314 e. The second kappa shape index (κ2) is 31.0. The summed E-state index contributed by atoms with van der Waals surface area (Å²) in [6, 6.07) is 24.9. The van der Waals surface area contributed by atoms with E-state index in [1.807, 2.05) is 55.5 Å². The van der Waals surface area contributed by atoms with Gasteiger partial charge in [-0.15, -0.1) is 11.3 Å². The number of esters is 2. The summed E-state index contributed by atoms with van der Waals surface area (Å²) in [6.45, 7) is 4.68. The van der Waals surface area contributed by atoms with Gasteiger partial charge in [0.25, 0.3) is 0 Å². The van der Waals surface area contributed by atoms with Crippen LogP contribution in [0.4, 0.5) is 5.69 Å². The number of rotatable bonds is 19. The molecule has 2 fully saturated rings. The topological polar surface area (TPSA) is 198 Å². The Morgan fingerprint density at radius 3 is 1.64 bits per heavy atom. The van der Waals surface area contributed by atoms with Crippen molar-refractivity contribution in [1.82, 2.24) is 4.98 Å². The van der Waals surface area contributed by atoms with Crippen molar-refractivity contribution in [3.8, 4) is 39.3 Å². The summed E-state index contributed by atoms with van der Waals surface area (Å²) in [7, 11) is 6.60. The van der Waals surface area contributed by atoms with E-state index in [9.17, 15) is 24.0 Å². The van der Waals surface area contributed by atoms with Crippen molar-refractivity contribution in [3.05, 3.63) is 90.5 Å². The van der Waals surface area contributed by atoms with Gasteiger partial charge in [0, 0.05) is 55.6 Å². The Morgan fingerprint density at radius 2 is 1.14 bits per heavy atom. The summed E-state index contributed by atoms with van der Waals surface area (Å²) < 4.78 is 42.3. The fourth-order valence-corrected chi connectivity index (χ4v) is 8.38. The summed E-state index contributed by atoms with van der Waals surface area (Å²) >= 11 is 1.48. The van der Waals surface area contributed by atoms with E-state index in [0.717, 1.165) is 104 Å². The van der Waals surface area contributed by atoms with Crippen LogP contribution in [0.1, 0.15) is 81.5 Å². The number of nitrogens with zero attached hydrogens (tertiary/aromatic N) is 1. The third kappa shape index (κ3) is 18.7. The fourth-order valence-electron chi connectivity index (χ4n) is 7.30. The first kappa shape index (κ1) is 55.4. The second-order valence-corrected chi connectivity index (χ2v) is 17.2. The van der Waals surface area contributed by atoms with E-state index in [1.165, 1.54) is 11.3 Å². The van der Waals surface area contributed by atoms with Crippen molar-refractivity contribution < 1.29 is 61.9 Å². The van der Waals surface area contributed by atoms with Crippen molar-refractivity contribution in [1.29, 1.82) is 0 Å². The monoisotopic (exact) mass is 970 g/mol. The number of anilines is 1. The molecule has 16 heteroatoms. The minimum atomic E-state index is -0.261. The van der Waals surface area contributed by atoms with Crippen LogP contribution in [0, 0.1) is 23.7 Å².